The van der Waals surface area contributed by atoms with E-state index >= 15 is 0 Å². The summed E-state index contributed by atoms with van der Waals surface area (Å²) in [5.74, 6) is 1.46. The molecule has 4 heterocycles. The van der Waals surface area contributed by atoms with E-state index in [1.54, 1.807) is 6.26 Å². The van der Waals surface area contributed by atoms with Gasteiger partial charge in [-0.1, -0.05) is 18.2 Å². The fraction of sp³-hybridized carbons (Fsp3) is 0.182. The molecular weight excluding hydrogens is 352 g/mol. The molecule has 3 aromatic heterocycles. The summed E-state index contributed by atoms with van der Waals surface area (Å²) in [6, 6.07) is 18.1. The number of furan rings is 1. The summed E-state index contributed by atoms with van der Waals surface area (Å²) >= 11 is 0. The average Bonchev–Trinajstić information content (AvgIpc) is 3.41. The van der Waals surface area contributed by atoms with Crippen LogP contribution in [-0.2, 0) is 4.74 Å². The molecule has 0 N–H and O–H groups in total. The number of aromatic nitrogens is 2. The summed E-state index contributed by atoms with van der Waals surface area (Å²) in [6.45, 7) is 3.43. The number of hydrogen-bond donors (Lipinski definition) is 0. The minimum absolute atomic E-state index is 0.707. The molecule has 0 amide bonds. The van der Waals surface area contributed by atoms with E-state index in [9.17, 15) is 0 Å². The minimum atomic E-state index is 0.707. The molecule has 28 heavy (non-hydrogen) atoms. The quantitative estimate of drug-likeness (QED) is 0.504. The van der Waals surface area contributed by atoms with Crippen LogP contribution >= 0.6 is 0 Å². The summed E-state index contributed by atoms with van der Waals surface area (Å²) < 4.78 is 13.0. The van der Waals surface area contributed by atoms with Crippen molar-refractivity contribution in [3.63, 3.8) is 0 Å². The fourth-order valence-electron chi connectivity index (χ4n) is 3.41. The van der Waals surface area contributed by atoms with Crippen LogP contribution in [0.4, 0.5) is 11.5 Å². The molecule has 1 saturated heterocycles. The number of ether oxygens (including phenoxy) is 1. The summed E-state index contributed by atoms with van der Waals surface area (Å²) in [5, 5.41) is 0. The molecule has 6 nitrogen and oxygen atoms in total. The summed E-state index contributed by atoms with van der Waals surface area (Å²) in [6.07, 6.45) is 5.48. The highest BCUT2D eigenvalue weighted by Gasteiger charge is 2.15. The molecule has 140 valence electrons. The maximum Gasteiger partial charge on any atom is 0.168 e. The lowest BCUT2D eigenvalue weighted by molar-refractivity contribution is 0.122. The number of pyridine rings is 1. The number of hydrogen-bond acceptors (Lipinski definition) is 5. The van der Waals surface area contributed by atoms with Crippen molar-refractivity contribution in [1.29, 1.82) is 0 Å². The molecule has 0 spiro atoms. The second kappa shape index (κ2) is 7.32. The van der Waals surface area contributed by atoms with Crippen LogP contribution in [0.1, 0.15) is 5.56 Å². The third-order valence-corrected chi connectivity index (χ3v) is 4.86. The van der Waals surface area contributed by atoms with Gasteiger partial charge in [0.2, 0.25) is 0 Å². The van der Waals surface area contributed by atoms with Gasteiger partial charge < -0.3 is 14.1 Å². The first-order chi connectivity index (χ1) is 13.9. The Bertz CT molecular complexity index is 1090. The molecule has 0 aliphatic carbocycles. The van der Waals surface area contributed by atoms with E-state index in [2.05, 4.69) is 34.1 Å². The highest BCUT2D eigenvalue weighted by Crippen LogP contribution is 2.31. The predicted octanol–water partition coefficient (Wildman–Crippen LogP) is 4.18. The van der Waals surface area contributed by atoms with Crippen LogP contribution in [0.5, 0.6) is 0 Å². The molecule has 1 aliphatic heterocycles. The minimum Gasteiger partial charge on any atom is -0.463 e. The van der Waals surface area contributed by atoms with E-state index in [4.69, 9.17) is 14.1 Å². The lowest BCUT2D eigenvalue weighted by Crippen LogP contribution is -2.36. The van der Waals surface area contributed by atoms with Gasteiger partial charge in [0.1, 0.15) is 5.65 Å². The van der Waals surface area contributed by atoms with E-state index in [0.717, 1.165) is 49.0 Å². The van der Waals surface area contributed by atoms with E-state index in [0.29, 0.717) is 5.76 Å². The summed E-state index contributed by atoms with van der Waals surface area (Å²) in [4.78, 5) is 11.8. The van der Waals surface area contributed by atoms with Crippen LogP contribution in [0.25, 0.3) is 17.1 Å². The molecule has 0 unspecified atom stereocenters. The predicted molar refractivity (Wildman–Crippen MR) is 110 cm³/mol. The maximum absolute atomic E-state index is 5.56. The second-order valence-electron chi connectivity index (χ2n) is 6.64. The first-order valence-corrected chi connectivity index (χ1v) is 9.36. The number of benzene rings is 1. The van der Waals surface area contributed by atoms with Crippen LogP contribution in [0.3, 0.4) is 0 Å². The third kappa shape index (κ3) is 3.18. The molecule has 5 rings (SSSR count). The molecule has 0 atom stereocenters. The highest BCUT2D eigenvalue weighted by atomic mass is 16.5. The highest BCUT2D eigenvalue weighted by molar-refractivity contribution is 5.85. The van der Waals surface area contributed by atoms with Gasteiger partial charge in [0.05, 0.1) is 19.5 Å². The normalized spacial score (nSPS) is 14.9. The van der Waals surface area contributed by atoms with E-state index < -0.39 is 0 Å². The lowest BCUT2D eigenvalue weighted by atomic mass is 10.2. The molecule has 1 fully saturated rings. The van der Waals surface area contributed by atoms with Crippen LogP contribution in [0, 0.1) is 0 Å². The first kappa shape index (κ1) is 16.8. The Hall–Kier alpha value is -3.38. The van der Waals surface area contributed by atoms with Gasteiger partial charge in [0.15, 0.2) is 17.3 Å². The van der Waals surface area contributed by atoms with Gasteiger partial charge in [-0.05, 0) is 42.0 Å². The molecular formula is C22H20N4O2. The Morgan fingerprint density at radius 2 is 1.82 bits per heavy atom. The zero-order valence-electron chi connectivity index (χ0n) is 15.4. The summed E-state index contributed by atoms with van der Waals surface area (Å²) in [5.41, 5.74) is 3.82. The molecule has 0 radical (unpaired) electrons. The number of anilines is 1. The number of aliphatic imine (C=N–C) groups is 1. The number of rotatable bonds is 4. The van der Waals surface area contributed by atoms with Crippen molar-refractivity contribution in [3.8, 4) is 11.5 Å². The topological polar surface area (TPSA) is 55.3 Å². The Labute approximate surface area is 162 Å². The van der Waals surface area contributed by atoms with Gasteiger partial charge in [0.25, 0.3) is 0 Å². The van der Waals surface area contributed by atoms with Gasteiger partial charge in [0, 0.05) is 31.2 Å². The molecule has 0 bridgehead atoms. The number of nitrogens with zero attached hydrogens (tertiary/aromatic N) is 4. The molecule has 6 heteroatoms. The van der Waals surface area contributed by atoms with Gasteiger partial charge in [-0.2, -0.15) is 0 Å². The number of fused-ring (bicyclic) bond motifs is 1. The Morgan fingerprint density at radius 3 is 2.61 bits per heavy atom. The van der Waals surface area contributed by atoms with Crippen molar-refractivity contribution in [2.45, 2.75) is 0 Å². The fourth-order valence-corrected chi connectivity index (χ4v) is 3.41. The van der Waals surface area contributed by atoms with Gasteiger partial charge in [-0.15, -0.1) is 0 Å². The Balaban J connectivity index is 1.46. The summed E-state index contributed by atoms with van der Waals surface area (Å²) in [7, 11) is 0. The first-order valence-electron chi connectivity index (χ1n) is 9.36. The van der Waals surface area contributed by atoms with Crippen molar-refractivity contribution in [2.75, 3.05) is 31.2 Å². The SMILES string of the molecule is C(=Nc1c(-c2ccco2)nc2ccccn12)c1ccc(N2CCOCC2)cc1. The van der Waals surface area contributed by atoms with Crippen molar-refractivity contribution >= 4 is 23.4 Å². The lowest BCUT2D eigenvalue weighted by Gasteiger charge is -2.28. The van der Waals surface area contributed by atoms with Gasteiger partial charge >= 0.3 is 0 Å². The molecule has 0 saturated carbocycles. The molecule has 1 aliphatic rings. The third-order valence-electron chi connectivity index (χ3n) is 4.86. The van der Waals surface area contributed by atoms with Crippen LogP contribution in [0.15, 0.2) is 76.5 Å². The molecule has 4 aromatic rings. The number of imidazole rings is 1. The zero-order chi connectivity index (χ0) is 18.8. The number of morpholine rings is 1. The van der Waals surface area contributed by atoms with Gasteiger partial charge in [-0.25, -0.2) is 9.98 Å². The van der Waals surface area contributed by atoms with E-state index in [1.807, 2.05) is 47.1 Å². The maximum atomic E-state index is 5.56. The Morgan fingerprint density at radius 1 is 0.964 bits per heavy atom. The van der Waals surface area contributed by atoms with E-state index in [-0.39, 0.29) is 0 Å². The van der Waals surface area contributed by atoms with Crippen molar-refractivity contribution in [3.05, 3.63) is 72.6 Å². The van der Waals surface area contributed by atoms with Crippen LogP contribution < -0.4 is 4.90 Å². The molecule has 1 aromatic carbocycles. The largest absolute Gasteiger partial charge is 0.463 e. The van der Waals surface area contributed by atoms with Crippen LogP contribution in [0.2, 0.25) is 0 Å². The Kier molecular flexibility index (Phi) is 4.39. The average molecular weight is 372 g/mol. The van der Waals surface area contributed by atoms with Gasteiger partial charge in [-0.3, -0.25) is 4.40 Å². The smallest absolute Gasteiger partial charge is 0.168 e. The monoisotopic (exact) mass is 372 g/mol. The van der Waals surface area contributed by atoms with Crippen molar-refractivity contribution < 1.29 is 9.15 Å². The zero-order valence-corrected chi connectivity index (χ0v) is 15.4. The standard InChI is InChI=1S/C22H20N4O2/c1-2-10-26-20(5-1)24-21(19-4-3-13-28-19)22(26)23-16-17-6-8-18(9-7-17)25-11-14-27-15-12-25/h1-10,13,16H,11-12,14-15H2. The van der Waals surface area contributed by atoms with Crippen molar-refractivity contribution in [2.24, 2.45) is 4.99 Å². The van der Waals surface area contributed by atoms with Crippen molar-refractivity contribution in [1.82, 2.24) is 9.38 Å². The van der Waals surface area contributed by atoms with Crippen LogP contribution in [-0.4, -0.2) is 41.9 Å². The second-order valence-corrected chi connectivity index (χ2v) is 6.64. The van der Waals surface area contributed by atoms with E-state index in [1.165, 1.54) is 5.69 Å².